The van der Waals surface area contributed by atoms with Crippen LogP contribution in [0.15, 0.2) is 0 Å². The molecule has 0 fully saturated rings. The van der Waals surface area contributed by atoms with E-state index in [1.165, 1.54) is 173 Å². The van der Waals surface area contributed by atoms with E-state index in [4.69, 9.17) is 37.0 Å². The van der Waals surface area contributed by atoms with E-state index in [1.807, 2.05) is 0 Å². The molecular weight excluding hydrogens is 1190 g/mol. The fourth-order valence-corrected chi connectivity index (χ4v) is 12.3. The molecule has 0 spiro atoms. The summed E-state index contributed by atoms with van der Waals surface area (Å²) in [4.78, 5) is 72.2. The van der Waals surface area contributed by atoms with E-state index >= 15 is 0 Å². The molecule has 0 aromatic heterocycles. The predicted octanol–water partition coefficient (Wildman–Crippen LogP) is 20.4. The number of hydrogen-bond donors (Lipinski definition) is 3. The SMILES string of the molecule is CCCCCCCCCCCCCCCCCCCCC(=O)OC[C@H](COP(=O)(O)OC[C@@H](O)COP(=O)(O)OC[C@@H](COC(=O)CCCCCCC)OC(=O)CCCCCCCCC(C)C)OC(=O)CCCCCCCCCCCCCCCCC(C)CC. The van der Waals surface area contributed by atoms with Crippen molar-refractivity contribution in [3.8, 4) is 0 Å². The number of hydrogen-bond acceptors (Lipinski definition) is 15. The van der Waals surface area contributed by atoms with Crippen LogP contribution in [0.25, 0.3) is 0 Å². The minimum Gasteiger partial charge on any atom is -0.462 e. The zero-order valence-corrected chi connectivity index (χ0v) is 60.2. The van der Waals surface area contributed by atoms with Gasteiger partial charge >= 0.3 is 39.5 Å². The van der Waals surface area contributed by atoms with E-state index in [1.54, 1.807) is 0 Å². The molecule has 0 aliphatic rings. The van der Waals surface area contributed by atoms with Gasteiger partial charge in [0, 0.05) is 25.7 Å². The maximum absolute atomic E-state index is 13.0. The summed E-state index contributed by atoms with van der Waals surface area (Å²) in [5.41, 5.74) is 0. The minimum atomic E-state index is -4.95. The first-order valence-electron chi connectivity index (χ1n) is 37.0. The van der Waals surface area contributed by atoms with Crippen molar-refractivity contribution in [3.05, 3.63) is 0 Å². The van der Waals surface area contributed by atoms with Gasteiger partial charge in [0.2, 0.25) is 0 Å². The summed E-state index contributed by atoms with van der Waals surface area (Å²) in [6.07, 6.45) is 49.2. The number of carbonyl (C=O) groups excluding carboxylic acids is 4. The van der Waals surface area contributed by atoms with Crippen LogP contribution < -0.4 is 0 Å². The number of esters is 4. The Kier molecular flexibility index (Phi) is 61.8. The van der Waals surface area contributed by atoms with Crippen molar-refractivity contribution in [1.82, 2.24) is 0 Å². The molecule has 0 bridgehead atoms. The highest BCUT2D eigenvalue weighted by molar-refractivity contribution is 7.47. The molecule has 3 unspecified atom stereocenters. The third-order valence-electron chi connectivity index (χ3n) is 16.8. The summed E-state index contributed by atoms with van der Waals surface area (Å²) in [6.45, 7) is 9.42. The number of ether oxygens (including phenoxy) is 4. The zero-order chi connectivity index (χ0) is 66.5. The van der Waals surface area contributed by atoms with Crippen LogP contribution in [0, 0.1) is 11.8 Å². The quantitative estimate of drug-likeness (QED) is 0.0222. The number of aliphatic hydroxyl groups excluding tert-OH is 1. The first-order chi connectivity index (χ1) is 43.4. The average Bonchev–Trinajstić information content (AvgIpc) is 3.24. The third kappa shape index (κ3) is 63.5. The van der Waals surface area contributed by atoms with Gasteiger partial charge in [-0.15, -0.1) is 0 Å². The van der Waals surface area contributed by atoms with Gasteiger partial charge in [-0.25, -0.2) is 9.13 Å². The summed E-state index contributed by atoms with van der Waals surface area (Å²) >= 11 is 0. The smallest absolute Gasteiger partial charge is 0.462 e. The summed E-state index contributed by atoms with van der Waals surface area (Å²) in [7, 11) is -9.89. The molecule has 0 heterocycles. The van der Waals surface area contributed by atoms with Gasteiger partial charge in [0.05, 0.1) is 26.4 Å². The Morgan fingerprint density at radius 2 is 0.567 bits per heavy atom. The molecule has 0 aliphatic carbocycles. The Balaban J connectivity index is 5.13. The van der Waals surface area contributed by atoms with Crippen molar-refractivity contribution < 1.29 is 80.2 Å². The topological polar surface area (TPSA) is 237 Å². The fraction of sp³-hybridized carbons (Fsp3) is 0.944. The van der Waals surface area contributed by atoms with Crippen molar-refractivity contribution in [2.45, 2.75) is 381 Å². The number of phosphoric ester groups is 2. The molecule has 90 heavy (non-hydrogen) atoms. The largest absolute Gasteiger partial charge is 0.472 e. The molecule has 6 atom stereocenters. The molecule has 0 saturated heterocycles. The monoisotopic (exact) mass is 1320 g/mol. The van der Waals surface area contributed by atoms with Crippen LogP contribution in [0.1, 0.15) is 363 Å². The van der Waals surface area contributed by atoms with Gasteiger partial charge in [0.15, 0.2) is 12.2 Å². The van der Waals surface area contributed by atoms with Crippen LogP contribution in [0.3, 0.4) is 0 Å². The van der Waals surface area contributed by atoms with Crippen LogP contribution in [0.2, 0.25) is 0 Å². The molecule has 0 aromatic rings. The lowest BCUT2D eigenvalue weighted by Gasteiger charge is -2.21. The summed E-state index contributed by atoms with van der Waals surface area (Å²) in [6, 6.07) is 0. The van der Waals surface area contributed by atoms with E-state index in [9.17, 15) is 43.2 Å². The Labute approximate surface area is 549 Å². The van der Waals surface area contributed by atoms with Crippen LogP contribution in [0.5, 0.6) is 0 Å². The van der Waals surface area contributed by atoms with Gasteiger partial charge < -0.3 is 33.8 Å². The average molecular weight is 1330 g/mol. The summed E-state index contributed by atoms with van der Waals surface area (Å²) in [5.74, 6) is -0.623. The maximum Gasteiger partial charge on any atom is 0.472 e. The third-order valence-corrected chi connectivity index (χ3v) is 18.7. The second kappa shape index (κ2) is 63.1. The van der Waals surface area contributed by atoms with Crippen molar-refractivity contribution in [3.63, 3.8) is 0 Å². The first-order valence-corrected chi connectivity index (χ1v) is 40.0. The number of phosphoric acid groups is 2. The standard InChI is InChI=1S/C71H138O17P2/c1-7-10-12-14-15-16-17-18-19-20-21-22-26-29-32-35-42-48-54-69(74)82-60-67(87-70(75)55-49-43-36-33-30-27-24-23-25-28-31-34-41-46-52-64(6)9-3)62-86-90(79,80)84-58-65(72)57-83-89(77,78)85-61-66(59-81-68(73)53-47-39-13-11-8-2)88-71(76)56-50-44-38-37-40-45-51-63(4)5/h63-67,72H,7-62H2,1-6H3,(H,77,78)(H,79,80)/t64?,65-,66+,67+/m0/s1. The zero-order valence-electron chi connectivity index (χ0n) is 58.4. The lowest BCUT2D eigenvalue weighted by Crippen LogP contribution is -2.30. The number of unbranched alkanes of at least 4 members (excludes halogenated alkanes) is 39. The molecule has 0 aromatic carbocycles. The molecule has 19 heteroatoms. The van der Waals surface area contributed by atoms with Gasteiger partial charge in [-0.2, -0.15) is 0 Å². The second-order valence-corrected chi connectivity index (χ2v) is 29.3. The molecule has 0 amide bonds. The molecule has 0 rings (SSSR count). The Bertz CT molecular complexity index is 1750. The van der Waals surface area contributed by atoms with Crippen LogP contribution in [0.4, 0.5) is 0 Å². The molecular formula is C71H138O17P2. The molecule has 534 valence electrons. The molecule has 3 N–H and O–H groups in total. The molecule has 0 aliphatic heterocycles. The minimum absolute atomic E-state index is 0.101. The van der Waals surface area contributed by atoms with Gasteiger partial charge in [-0.05, 0) is 37.5 Å². The Morgan fingerprint density at radius 3 is 0.844 bits per heavy atom. The fourth-order valence-electron chi connectivity index (χ4n) is 10.7. The van der Waals surface area contributed by atoms with E-state index < -0.39 is 97.5 Å². The van der Waals surface area contributed by atoms with E-state index in [0.717, 1.165) is 102 Å². The van der Waals surface area contributed by atoms with E-state index in [-0.39, 0.29) is 25.7 Å². The van der Waals surface area contributed by atoms with Gasteiger partial charge in [-0.3, -0.25) is 37.3 Å². The highest BCUT2D eigenvalue weighted by Crippen LogP contribution is 2.45. The highest BCUT2D eigenvalue weighted by Gasteiger charge is 2.30. The lowest BCUT2D eigenvalue weighted by atomic mass is 9.99. The first kappa shape index (κ1) is 88.1. The second-order valence-electron chi connectivity index (χ2n) is 26.3. The number of carbonyl (C=O) groups is 4. The summed E-state index contributed by atoms with van der Waals surface area (Å²) in [5, 5.41) is 10.6. The van der Waals surface area contributed by atoms with Gasteiger partial charge in [0.25, 0.3) is 0 Å². The van der Waals surface area contributed by atoms with E-state index in [2.05, 4.69) is 41.5 Å². The Morgan fingerprint density at radius 1 is 0.322 bits per heavy atom. The van der Waals surface area contributed by atoms with Gasteiger partial charge in [0.1, 0.15) is 19.3 Å². The van der Waals surface area contributed by atoms with Crippen LogP contribution in [-0.4, -0.2) is 96.7 Å². The maximum atomic E-state index is 13.0. The van der Waals surface area contributed by atoms with Crippen LogP contribution in [-0.2, 0) is 65.4 Å². The van der Waals surface area contributed by atoms with Gasteiger partial charge in [-0.1, -0.05) is 311 Å². The molecule has 0 saturated carbocycles. The lowest BCUT2D eigenvalue weighted by molar-refractivity contribution is -0.161. The summed E-state index contributed by atoms with van der Waals surface area (Å²) < 4.78 is 68.0. The van der Waals surface area contributed by atoms with Crippen LogP contribution >= 0.6 is 15.6 Å². The Hall–Kier alpha value is -1.94. The highest BCUT2D eigenvalue weighted by atomic mass is 31.2. The van der Waals surface area contributed by atoms with Crippen molar-refractivity contribution in [1.29, 1.82) is 0 Å². The number of rotatable bonds is 70. The van der Waals surface area contributed by atoms with Crippen molar-refractivity contribution >= 4 is 39.5 Å². The van der Waals surface area contributed by atoms with Crippen molar-refractivity contribution in [2.75, 3.05) is 39.6 Å². The predicted molar refractivity (Wildman–Crippen MR) is 363 cm³/mol. The van der Waals surface area contributed by atoms with Crippen molar-refractivity contribution in [2.24, 2.45) is 11.8 Å². The molecule has 17 nitrogen and oxygen atoms in total. The van der Waals surface area contributed by atoms with E-state index in [0.29, 0.717) is 31.6 Å². The normalized spacial score (nSPS) is 14.4. The molecule has 0 radical (unpaired) electrons. The number of aliphatic hydroxyl groups is 1.